The van der Waals surface area contributed by atoms with Gasteiger partial charge in [0.1, 0.15) is 22.1 Å². The van der Waals surface area contributed by atoms with Gasteiger partial charge in [0.2, 0.25) is 0 Å². The Labute approximate surface area is 129 Å². The van der Waals surface area contributed by atoms with Crippen LogP contribution in [-0.4, -0.2) is 19.5 Å². The second-order valence-corrected chi connectivity index (χ2v) is 6.24. The highest BCUT2D eigenvalue weighted by atomic mass is 35.5. The zero-order valence-electron chi connectivity index (χ0n) is 10.7. The van der Waals surface area contributed by atoms with Crippen LogP contribution in [0.3, 0.4) is 0 Å². The number of rotatable bonds is 4. The maximum absolute atomic E-state index is 13.7. The Morgan fingerprint density at radius 1 is 1.14 bits per heavy atom. The van der Waals surface area contributed by atoms with Crippen molar-refractivity contribution in [2.75, 3.05) is 4.72 Å². The van der Waals surface area contributed by atoms with Gasteiger partial charge in [-0.2, -0.15) is 0 Å². The third-order valence-corrected chi connectivity index (χ3v) is 4.29. The molecule has 0 bridgehead atoms. The number of hydrogen-bond donors (Lipinski definition) is 2. The van der Waals surface area contributed by atoms with E-state index in [1.807, 2.05) is 4.72 Å². The average Bonchev–Trinajstić information content (AvgIpc) is 2.36. The maximum atomic E-state index is 13.7. The van der Waals surface area contributed by atoms with Crippen LogP contribution in [0, 0.1) is 11.6 Å². The number of anilines is 1. The number of nitrogens with one attached hydrogen (secondary N) is 1. The predicted molar refractivity (Wildman–Crippen MR) is 75.6 cm³/mol. The molecule has 2 aromatic carbocycles. The summed E-state index contributed by atoms with van der Waals surface area (Å²) in [6.45, 7) is 0. The van der Waals surface area contributed by atoms with E-state index in [2.05, 4.69) is 0 Å². The molecular weight excluding hydrogens is 340 g/mol. The van der Waals surface area contributed by atoms with Gasteiger partial charge >= 0.3 is 5.97 Å². The molecule has 0 aromatic heterocycles. The van der Waals surface area contributed by atoms with Gasteiger partial charge in [0.15, 0.2) is 0 Å². The van der Waals surface area contributed by atoms with Crippen LogP contribution >= 0.6 is 11.6 Å². The van der Waals surface area contributed by atoms with E-state index in [9.17, 15) is 22.0 Å². The van der Waals surface area contributed by atoms with Gasteiger partial charge < -0.3 is 5.11 Å². The lowest BCUT2D eigenvalue weighted by atomic mass is 10.2. The minimum Gasteiger partial charge on any atom is -0.478 e. The molecule has 9 heteroatoms. The van der Waals surface area contributed by atoms with E-state index in [1.54, 1.807) is 0 Å². The van der Waals surface area contributed by atoms with Gasteiger partial charge in [-0.25, -0.2) is 22.0 Å². The van der Waals surface area contributed by atoms with Crippen molar-refractivity contribution in [1.82, 2.24) is 0 Å². The molecule has 5 nitrogen and oxygen atoms in total. The zero-order valence-corrected chi connectivity index (χ0v) is 12.3. The second-order valence-electron chi connectivity index (χ2n) is 4.15. The fourth-order valence-corrected chi connectivity index (χ4v) is 3.01. The van der Waals surface area contributed by atoms with Crippen LogP contribution in [0.2, 0.25) is 5.02 Å². The van der Waals surface area contributed by atoms with Gasteiger partial charge in [0, 0.05) is 5.02 Å². The van der Waals surface area contributed by atoms with Crippen molar-refractivity contribution < 1.29 is 27.1 Å². The molecule has 2 rings (SSSR count). The van der Waals surface area contributed by atoms with E-state index in [0.717, 1.165) is 36.4 Å². The SMILES string of the molecule is O=C(O)c1c(F)cccc1NS(=O)(=O)c1ccc(Cl)cc1F. The number of benzene rings is 2. The lowest BCUT2D eigenvalue weighted by molar-refractivity contribution is 0.0693. The standard InChI is InChI=1S/C13H8ClF2NO4S/c14-7-4-5-11(9(16)6-7)22(20,21)17-10-3-1-2-8(15)12(10)13(18)19/h1-6,17H,(H,18,19). The summed E-state index contributed by atoms with van der Waals surface area (Å²) in [4.78, 5) is 10.3. The van der Waals surface area contributed by atoms with Crippen LogP contribution in [-0.2, 0) is 10.0 Å². The van der Waals surface area contributed by atoms with Gasteiger partial charge in [-0.1, -0.05) is 17.7 Å². The van der Waals surface area contributed by atoms with E-state index in [4.69, 9.17) is 16.7 Å². The van der Waals surface area contributed by atoms with Gasteiger partial charge in [-0.15, -0.1) is 0 Å². The van der Waals surface area contributed by atoms with Crippen LogP contribution in [0.25, 0.3) is 0 Å². The average molecular weight is 348 g/mol. The minimum atomic E-state index is -4.45. The number of aromatic carboxylic acids is 1. The Bertz CT molecular complexity index is 855. The summed E-state index contributed by atoms with van der Waals surface area (Å²) in [5.74, 6) is -3.90. The van der Waals surface area contributed by atoms with E-state index in [0.29, 0.717) is 0 Å². The Hall–Kier alpha value is -2.19. The molecule has 2 aromatic rings. The molecule has 0 radical (unpaired) electrons. The lowest BCUT2D eigenvalue weighted by Gasteiger charge is -2.11. The maximum Gasteiger partial charge on any atom is 0.340 e. The van der Waals surface area contributed by atoms with E-state index < -0.39 is 43.8 Å². The summed E-state index contributed by atoms with van der Waals surface area (Å²) >= 11 is 5.53. The first-order chi connectivity index (χ1) is 10.2. The Morgan fingerprint density at radius 2 is 1.82 bits per heavy atom. The summed E-state index contributed by atoms with van der Waals surface area (Å²) in [6, 6.07) is 5.91. The third-order valence-electron chi connectivity index (χ3n) is 2.66. The van der Waals surface area contributed by atoms with Crippen LogP contribution in [0.4, 0.5) is 14.5 Å². The molecule has 0 aliphatic rings. The molecule has 0 aliphatic heterocycles. The molecule has 116 valence electrons. The first kappa shape index (κ1) is 16.2. The molecule has 0 spiro atoms. The van der Waals surface area contributed by atoms with Crippen molar-refractivity contribution in [2.45, 2.75) is 4.90 Å². The normalized spacial score (nSPS) is 11.2. The molecule has 0 saturated carbocycles. The van der Waals surface area contributed by atoms with Crippen molar-refractivity contribution >= 4 is 33.3 Å². The van der Waals surface area contributed by atoms with Crippen molar-refractivity contribution in [3.63, 3.8) is 0 Å². The summed E-state index contributed by atoms with van der Waals surface area (Å²) in [7, 11) is -4.45. The summed E-state index contributed by atoms with van der Waals surface area (Å²) in [6.07, 6.45) is 0. The Morgan fingerprint density at radius 3 is 2.41 bits per heavy atom. The lowest BCUT2D eigenvalue weighted by Crippen LogP contribution is -2.17. The fourth-order valence-electron chi connectivity index (χ4n) is 1.72. The highest BCUT2D eigenvalue weighted by Crippen LogP contribution is 2.25. The van der Waals surface area contributed by atoms with Crippen LogP contribution in [0.5, 0.6) is 0 Å². The quantitative estimate of drug-likeness (QED) is 0.890. The van der Waals surface area contributed by atoms with Crippen molar-refractivity contribution in [3.05, 3.63) is 58.6 Å². The molecular formula is C13H8ClF2NO4S. The molecule has 22 heavy (non-hydrogen) atoms. The van der Waals surface area contributed by atoms with Gasteiger partial charge in [0.25, 0.3) is 10.0 Å². The molecule has 0 atom stereocenters. The predicted octanol–water partition coefficient (Wildman–Crippen LogP) is 3.12. The van der Waals surface area contributed by atoms with Crippen molar-refractivity contribution in [1.29, 1.82) is 0 Å². The van der Waals surface area contributed by atoms with Crippen molar-refractivity contribution in [3.8, 4) is 0 Å². The summed E-state index contributed by atoms with van der Waals surface area (Å²) in [5.41, 5.74) is -1.37. The summed E-state index contributed by atoms with van der Waals surface area (Å²) in [5, 5.41) is 8.93. The number of hydrogen-bond acceptors (Lipinski definition) is 3. The number of carboxylic acids is 1. The fraction of sp³-hybridized carbons (Fsp3) is 0. The van der Waals surface area contributed by atoms with E-state index in [-0.39, 0.29) is 5.02 Å². The van der Waals surface area contributed by atoms with Crippen LogP contribution in [0.1, 0.15) is 10.4 Å². The molecule has 0 amide bonds. The Balaban J connectivity index is 2.50. The molecule has 0 aliphatic carbocycles. The first-order valence-electron chi connectivity index (χ1n) is 5.72. The molecule has 0 unspecified atom stereocenters. The van der Waals surface area contributed by atoms with Gasteiger partial charge in [-0.05, 0) is 30.3 Å². The third kappa shape index (κ3) is 3.18. The Kier molecular flexibility index (Phi) is 4.34. The monoisotopic (exact) mass is 347 g/mol. The van der Waals surface area contributed by atoms with Crippen LogP contribution < -0.4 is 4.72 Å². The smallest absolute Gasteiger partial charge is 0.340 e. The number of sulfonamides is 1. The highest BCUT2D eigenvalue weighted by Gasteiger charge is 2.23. The minimum absolute atomic E-state index is 0.00608. The molecule has 2 N–H and O–H groups in total. The second kappa shape index (κ2) is 5.90. The molecule has 0 saturated heterocycles. The van der Waals surface area contributed by atoms with Crippen LogP contribution in [0.15, 0.2) is 41.3 Å². The zero-order chi connectivity index (χ0) is 16.5. The number of carbonyl (C=O) groups is 1. The first-order valence-corrected chi connectivity index (χ1v) is 7.58. The molecule has 0 fully saturated rings. The van der Waals surface area contributed by atoms with E-state index in [1.165, 1.54) is 0 Å². The van der Waals surface area contributed by atoms with Gasteiger partial charge in [0.05, 0.1) is 5.69 Å². The highest BCUT2D eigenvalue weighted by molar-refractivity contribution is 7.92. The van der Waals surface area contributed by atoms with Crippen molar-refractivity contribution in [2.24, 2.45) is 0 Å². The van der Waals surface area contributed by atoms with Gasteiger partial charge in [-0.3, -0.25) is 4.72 Å². The van der Waals surface area contributed by atoms with E-state index >= 15 is 0 Å². The topological polar surface area (TPSA) is 83.5 Å². The number of carboxylic acid groups (broad SMARTS) is 1. The molecule has 0 heterocycles. The summed E-state index contributed by atoms with van der Waals surface area (Å²) < 4.78 is 53.3. The number of halogens is 3. The largest absolute Gasteiger partial charge is 0.478 e.